The van der Waals surface area contributed by atoms with E-state index in [2.05, 4.69) is 261 Å². The van der Waals surface area contributed by atoms with E-state index in [-0.39, 0.29) is 5.41 Å². The molecule has 1 aromatic heterocycles. The van der Waals surface area contributed by atoms with Crippen LogP contribution >= 0.6 is 0 Å². The van der Waals surface area contributed by atoms with Crippen molar-refractivity contribution in [2.24, 2.45) is 0 Å². The maximum atomic E-state index is 4.56. The van der Waals surface area contributed by atoms with Crippen LogP contribution in [-0.4, -0.2) is 4.57 Å². The first-order chi connectivity index (χ1) is 32.4. The van der Waals surface area contributed by atoms with Crippen LogP contribution in [0.25, 0.3) is 55.3 Å². The number of fused-ring (bicyclic) bond motifs is 8. The first kappa shape index (κ1) is 39.4. The summed E-state index contributed by atoms with van der Waals surface area (Å²) in [6, 6.07) is 80.6. The lowest BCUT2D eigenvalue weighted by molar-refractivity contribution is 0.663. The highest BCUT2D eigenvalue weighted by Gasteiger charge is 2.48. The van der Waals surface area contributed by atoms with Crippen molar-refractivity contribution in [2.45, 2.75) is 24.7 Å². The van der Waals surface area contributed by atoms with Gasteiger partial charge in [-0.05, 0) is 122 Å². The van der Waals surface area contributed by atoms with Gasteiger partial charge >= 0.3 is 0 Å². The van der Waals surface area contributed by atoms with Crippen molar-refractivity contribution < 1.29 is 0 Å². The Bertz CT molecular complexity index is 3520. The third kappa shape index (κ3) is 5.68. The molecular formula is C64H48N2. The Morgan fingerprint density at radius 2 is 1.08 bits per heavy atom. The maximum Gasteiger partial charge on any atom is 0.0714 e. The zero-order valence-corrected chi connectivity index (χ0v) is 37.2. The first-order valence-corrected chi connectivity index (χ1v) is 22.9. The summed E-state index contributed by atoms with van der Waals surface area (Å²) < 4.78 is 2.51. The fourth-order valence-electron chi connectivity index (χ4n) is 11.4. The largest absolute Gasteiger partial charge is 0.310 e. The van der Waals surface area contributed by atoms with E-state index in [1.807, 2.05) is 6.08 Å². The van der Waals surface area contributed by atoms with Crippen LogP contribution in [0, 0.1) is 0 Å². The number of benzene rings is 9. The molecule has 0 saturated heterocycles. The van der Waals surface area contributed by atoms with Crippen molar-refractivity contribution in [3.63, 3.8) is 0 Å². The summed E-state index contributed by atoms with van der Waals surface area (Å²) in [5.74, 6) is 0. The van der Waals surface area contributed by atoms with Crippen LogP contribution in [0.1, 0.15) is 47.2 Å². The van der Waals surface area contributed by atoms with Gasteiger partial charge in [0.05, 0.1) is 16.4 Å². The molecule has 0 N–H and O–H groups in total. The van der Waals surface area contributed by atoms with Crippen LogP contribution in [0.5, 0.6) is 0 Å². The fraction of sp³-hybridized carbons (Fsp3) is 0.0625. The molecule has 1 heterocycles. The molecular weight excluding hydrogens is 797 g/mol. The van der Waals surface area contributed by atoms with Crippen LogP contribution in [0.4, 0.5) is 17.1 Å². The van der Waals surface area contributed by atoms with Crippen molar-refractivity contribution in [2.75, 3.05) is 4.90 Å². The summed E-state index contributed by atoms with van der Waals surface area (Å²) in [4.78, 5) is 2.38. The molecule has 2 aliphatic carbocycles. The molecule has 0 fully saturated rings. The van der Waals surface area contributed by atoms with Gasteiger partial charge in [0.25, 0.3) is 0 Å². The highest BCUT2D eigenvalue weighted by Crippen LogP contribution is 2.60. The van der Waals surface area contributed by atoms with E-state index in [9.17, 15) is 0 Å². The molecule has 0 unspecified atom stereocenters. The summed E-state index contributed by atoms with van der Waals surface area (Å²) in [5.41, 5.74) is 20.8. The van der Waals surface area contributed by atoms with E-state index in [1.165, 1.54) is 71.9 Å². The lowest BCUT2D eigenvalue weighted by atomic mass is 9.67. The predicted molar refractivity (Wildman–Crippen MR) is 279 cm³/mol. The molecule has 0 aliphatic heterocycles. The number of hydrogen-bond donors (Lipinski definition) is 0. The van der Waals surface area contributed by atoms with Crippen molar-refractivity contribution in [3.05, 3.63) is 283 Å². The number of aromatic nitrogens is 1. The summed E-state index contributed by atoms with van der Waals surface area (Å²) in [6.07, 6.45) is 3.96. The number of hydrogen-bond acceptors (Lipinski definition) is 1. The van der Waals surface area contributed by atoms with E-state index >= 15 is 0 Å². The van der Waals surface area contributed by atoms with Gasteiger partial charge < -0.3 is 9.47 Å². The van der Waals surface area contributed by atoms with Crippen molar-refractivity contribution >= 4 is 44.4 Å². The Hall–Kier alpha value is -8.20. The molecule has 66 heavy (non-hydrogen) atoms. The van der Waals surface area contributed by atoms with Gasteiger partial charge in [-0.3, -0.25) is 0 Å². The molecule has 12 rings (SSSR count). The van der Waals surface area contributed by atoms with Gasteiger partial charge in [-0.15, -0.1) is 0 Å². The third-order valence-electron chi connectivity index (χ3n) is 14.4. The second-order valence-corrected chi connectivity index (χ2v) is 18.2. The van der Waals surface area contributed by atoms with E-state index in [4.69, 9.17) is 0 Å². The molecule has 0 saturated carbocycles. The van der Waals surface area contributed by atoms with Gasteiger partial charge in [0.15, 0.2) is 0 Å². The Labute approximate surface area is 387 Å². The Morgan fingerprint density at radius 1 is 0.500 bits per heavy atom. The zero-order chi connectivity index (χ0) is 44.6. The first-order valence-electron chi connectivity index (χ1n) is 22.9. The van der Waals surface area contributed by atoms with E-state index < -0.39 is 5.41 Å². The number of para-hydroxylation sites is 3. The average Bonchev–Trinajstić information content (AvgIpc) is 3.94. The van der Waals surface area contributed by atoms with E-state index in [0.717, 1.165) is 39.5 Å². The van der Waals surface area contributed by atoms with Gasteiger partial charge in [-0.2, -0.15) is 0 Å². The number of rotatable bonds is 8. The van der Waals surface area contributed by atoms with Gasteiger partial charge in [-0.25, -0.2) is 0 Å². The van der Waals surface area contributed by atoms with Crippen LogP contribution in [-0.2, 0) is 10.8 Å². The van der Waals surface area contributed by atoms with E-state index in [1.54, 1.807) is 0 Å². The molecule has 2 aliphatic rings. The molecule has 0 atom stereocenters. The van der Waals surface area contributed by atoms with Crippen LogP contribution in [0.15, 0.2) is 249 Å². The van der Waals surface area contributed by atoms with Crippen LogP contribution in [0.3, 0.4) is 0 Å². The molecule has 0 amide bonds. The highest BCUT2D eigenvalue weighted by atomic mass is 15.1. The molecule has 2 nitrogen and oxygen atoms in total. The average molecular weight is 845 g/mol. The fourth-order valence-corrected chi connectivity index (χ4v) is 11.4. The minimum atomic E-state index is -0.577. The smallest absolute Gasteiger partial charge is 0.0714 e. The Morgan fingerprint density at radius 3 is 1.76 bits per heavy atom. The number of allylic oxidation sites excluding steroid dienone is 4. The SMILES string of the molecule is C=C/C=C1\C(=C)C(C)(C)c2cc(N(c3ccccc3)c3ccc(-c4cc5c(c6c4c4ccccc4n6-c4ccccc4)-c4ccccc4C5(c4ccccc4)c4ccccc4)cc3)ccc21. The summed E-state index contributed by atoms with van der Waals surface area (Å²) in [6.45, 7) is 13.1. The Balaban J connectivity index is 1.14. The molecule has 2 heteroatoms. The summed E-state index contributed by atoms with van der Waals surface area (Å²) in [7, 11) is 0. The molecule has 0 spiro atoms. The minimum Gasteiger partial charge on any atom is -0.310 e. The lowest BCUT2D eigenvalue weighted by Crippen LogP contribution is -2.28. The quantitative estimate of drug-likeness (QED) is 0.148. The van der Waals surface area contributed by atoms with Gasteiger partial charge in [0.1, 0.15) is 0 Å². The number of nitrogens with zero attached hydrogens (tertiary/aromatic N) is 2. The van der Waals surface area contributed by atoms with Crippen molar-refractivity contribution in [1.82, 2.24) is 4.57 Å². The second kappa shape index (κ2) is 15.2. The molecule has 9 aromatic carbocycles. The summed E-state index contributed by atoms with van der Waals surface area (Å²) >= 11 is 0. The lowest BCUT2D eigenvalue weighted by Gasteiger charge is -2.34. The molecule has 0 bridgehead atoms. The van der Waals surface area contributed by atoms with Gasteiger partial charge in [0, 0.05) is 44.5 Å². The van der Waals surface area contributed by atoms with Gasteiger partial charge in [0.2, 0.25) is 0 Å². The van der Waals surface area contributed by atoms with Crippen LogP contribution < -0.4 is 4.90 Å². The monoisotopic (exact) mass is 844 g/mol. The number of anilines is 3. The predicted octanol–water partition coefficient (Wildman–Crippen LogP) is 16.7. The minimum absolute atomic E-state index is 0.224. The standard InChI is InChI=1S/C64H48N2/c1-5-22-51-43(2)63(3,4)57-41-50(39-40-52(51)57)65(47-27-14-8-15-28-47)49-37-35-44(36-38-49)55-42-58-61(62-60(55)54-32-19-21-34-59(54)66(62)48-29-16-9-17-30-48)53-31-18-20-33-56(53)64(58,45-23-10-6-11-24-45)46-25-12-7-13-26-46/h5-42H,1-2H2,3-4H3/b51-22+. The van der Waals surface area contributed by atoms with Gasteiger partial charge in [-0.1, -0.05) is 197 Å². The maximum absolute atomic E-state index is 4.56. The van der Waals surface area contributed by atoms with Crippen molar-refractivity contribution in [3.8, 4) is 27.9 Å². The molecule has 314 valence electrons. The summed E-state index contributed by atoms with van der Waals surface area (Å²) in [5, 5.41) is 2.47. The normalized spacial score (nSPS) is 14.9. The highest BCUT2D eigenvalue weighted by molar-refractivity contribution is 6.21. The third-order valence-corrected chi connectivity index (χ3v) is 14.4. The topological polar surface area (TPSA) is 8.17 Å². The van der Waals surface area contributed by atoms with Crippen molar-refractivity contribution in [1.29, 1.82) is 0 Å². The zero-order valence-electron chi connectivity index (χ0n) is 37.2. The van der Waals surface area contributed by atoms with E-state index in [0.29, 0.717) is 0 Å². The molecule has 10 aromatic rings. The second-order valence-electron chi connectivity index (χ2n) is 18.2. The Kier molecular flexibility index (Phi) is 9.08. The van der Waals surface area contributed by atoms with Crippen LogP contribution in [0.2, 0.25) is 0 Å². The molecule has 0 radical (unpaired) electrons.